The number of rotatable bonds is 1. The zero-order valence-electron chi connectivity index (χ0n) is 10.2. The van der Waals surface area contributed by atoms with Crippen molar-refractivity contribution in [2.75, 3.05) is 6.54 Å². The molecule has 0 aliphatic carbocycles. The number of likely N-dealkylation sites (tertiary alicyclic amines) is 1. The highest BCUT2D eigenvalue weighted by molar-refractivity contribution is 6.31. The van der Waals surface area contributed by atoms with E-state index in [1.54, 1.807) is 4.90 Å². The number of amides is 1. The Hall–Kier alpha value is -1.13. The van der Waals surface area contributed by atoms with Crippen molar-refractivity contribution in [2.24, 2.45) is 5.73 Å². The van der Waals surface area contributed by atoms with Gasteiger partial charge in [-0.2, -0.15) is 0 Å². The summed E-state index contributed by atoms with van der Waals surface area (Å²) >= 11 is 5.80. The Morgan fingerprint density at radius 3 is 2.94 bits per heavy atom. The molecule has 5 heteroatoms. The molecule has 0 unspecified atom stereocenters. The lowest BCUT2D eigenvalue weighted by Crippen LogP contribution is -2.48. The number of halogens is 2. The van der Waals surface area contributed by atoms with Crippen LogP contribution < -0.4 is 5.73 Å². The summed E-state index contributed by atoms with van der Waals surface area (Å²) < 4.78 is 13.6. The first-order valence-corrected chi connectivity index (χ1v) is 6.38. The predicted molar refractivity (Wildman–Crippen MR) is 69.1 cm³/mol. The maximum atomic E-state index is 13.6. The normalized spacial score (nSPS) is 24.1. The molecule has 1 heterocycles. The second-order valence-electron chi connectivity index (χ2n) is 4.76. The van der Waals surface area contributed by atoms with Crippen LogP contribution in [0.25, 0.3) is 0 Å². The van der Waals surface area contributed by atoms with Crippen molar-refractivity contribution in [3.63, 3.8) is 0 Å². The van der Waals surface area contributed by atoms with Gasteiger partial charge in [0.05, 0.1) is 5.56 Å². The van der Waals surface area contributed by atoms with E-state index in [9.17, 15) is 9.18 Å². The van der Waals surface area contributed by atoms with Gasteiger partial charge in [-0.3, -0.25) is 4.79 Å². The zero-order valence-corrected chi connectivity index (χ0v) is 11.0. The summed E-state index contributed by atoms with van der Waals surface area (Å²) in [4.78, 5) is 13.9. The van der Waals surface area contributed by atoms with Gasteiger partial charge in [0.2, 0.25) is 0 Å². The lowest BCUT2D eigenvalue weighted by atomic mass is 9.98. The first-order chi connectivity index (χ1) is 8.49. The summed E-state index contributed by atoms with van der Waals surface area (Å²) in [5, 5.41) is 0.362. The molecule has 0 spiro atoms. The first kappa shape index (κ1) is 13.3. The lowest BCUT2D eigenvalue weighted by Gasteiger charge is -2.36. The van der Waals surface area contributed by atoms with E-state index in [1.165, 1.54) is 18.2 Å². The second kappa shape index (κ2) is 5.24. The van der Waals surface area contributed by atoms with Gasteiger partial charge in [-0.1, -0.05) is 11.6 Å². The maximum absolute atomic E-state index is 13.6. The Morgan fingerprint density at radius 1 is 1.56 bits per heavy atom. The van der Waals surface area contributed by atoms with E-state index in [1.807, 2.05) is 6.92 Å². The van der Waals surface area contributed by atoms with Gasteiger partial charge in [0.1, 0.15) is 5.82 Å². The Bertz CT molecular complexity index is 466. The monoisotopic (exact) mass is 270 g/mol. The first-order valence-electron chi connectivity index (χ1n) is 6.00. The van der Waals surface area contributed by atoms with E-state index in [2.05, 4.69) is 0 Å². The smallest absolute Gasteiger partial charge is 0.257 e. The van der Waals surface area contributed by atoms with Crippen molar-refractivity contribution in [3.8, 4) is 0 Å². The van der Waals surface area contributed by atoms with Crippen molar-refractivity contribution >= 4 is 17.5 Å². The van der Waals surface area contributed by atoms with Crippen LogP contribution in [0, 0.1) is 5.82 Å². The number of hydrogen-bond donors (Lipinski definition) is 1. The second-order valence-corrected chi connectivity index (χ2v) is 5.19. The Balaban J connectivity index is 2.23. The van der Waals surface area contributed by atoms with Crippen LogP contribution in [0.5, 0.6) is 0 Å². The van der Waals surface area contributed by atoms with Gasteiger partial charge in [0.15, 0.2) is 0 Å². The molecule has 2 rings (SSSR count). The summed E-state index contributed by atoms with van der Waals surface area (Å²) in [5.41, 5.74) is 5.88. The number of nitrogens with zero attached hydrogens (tertiary/aromatic N) is 1. The largest absolute Gasteiger partial charge is 0.336 e. The van der Waals surface area contributed by atoms with Crippen LogP contribution in [0.15, 0.2) is 18.2 Å². The molecule has 18 heavy (non-hydrogen) atoms. The summed E-state index contributed by atoms with van der Waals surface area (Å²) in [6.07, 6.45) is 1.49. The fraction of sp³-hybridized carbons (Fsp3) is 0.462. The number of piperidine rings is 1. The average Bonchev–Trinajstić information content (AvgIpc) is 2.31. The van der Waals surface area contributed by atoms with Gasteiger partial charge in [0, 0.05) is 23.7 Å². The van der Waals surface area contributed by atoms with E-state index in [4.69, 9.17) is 17.3 Å². The van der Waals surface area contributed by atoms with Crippen molar-refractivity contribution in [2.45, 2.75) is 31.8 Å². The van der Waals surface area contributed by atoms with Crippen LogP contribution >= 0.6 is 11.6 Å². The molecule has 1 aliphatic heterocycles. The minimum Gasteiger partial charge on any atom is -0.336 e. The van der Waals surface area contributed by atoms with E-state index >= 15 is 0 Å². The van der Waals surface area contributed by atoms with E-state index in [0.717, 1.165) is 12.8 Å². The van der Waals surface area contributed by atoms with Gasteiger partial charge in [0.25, 0.3) is 5.91 Å². The molecular weight excluding hydrogens is 255 g/mol. The molecule has 1 saturated heterocycles. The third kappa shape index (κ3) is 2.65. The molecule has 0 aromatic heterocycles. The van der Waals surface area contributed by atoms with Gasteiger partial charge in [-0.25, -0.2) is 4.39 Å². The number of hydrogen-bond acceptors (Lipinski definition) is 2. The average molecular weight is 271 g/mol. The van der Waals surface area contributed by atoms with Crippen LogP contribution in [0.1, 0.15) is 30.1 Å². The van der Waals surface area contributed by atoms with Gasteiger partial charge in [-0.15, -0.1) is 0 Å². The van der Waals surface area contributed by atoms with Crippen LogP contribution in [0.2, 0.25) is 5.02 Å². The van der Waals surface area contributed by atoms with Gasteiger partial charge >= 0.3 is 0 Å². The van der Waals surface area contributed by atoms with Crippen LogP contribution in [0.3, 0.4) is 0 Å². The fourth-order valence-electron chi connectivity index (χ4n) is 2.33. The molecule has 0 radical (unpaired) electrons. The standard InChI is InChI=1S/C13H16ClFN2O/c1-8-6-10(16)4-5-17(8)13(18)11-7-9(14)2-3-12(11)15/h2-3,7-8,10H,4-6,16H2,1H3/t8-,10+/m1/s1. The highest BCUT2D eigenvalue weighted by Gasteiger charge is 2.29. The van der Waals surface area contributed by atoms with E-state index in [-0.39, 0.29) is 23.6 Å². The van der Waals surface area contributed by atoms with Crippen molar-refractivity contribution in [1.29, 1.82) is 0 Å². The number of benzene rings is 1. The molecule has 2 N–H and O–H groups in total. The third-order valence-electron chi connectivity index (χ3n) is 3.34. The molecule has 2 atom stereocenters. The van der Waals surface area contributed by atoms with Crippen molar-refractivity contribution in [1.82, 2.24) is 4.90 Å². The van der Waals surface area contributed by atoms with E-state index in [0.29, 0.717) is 11.6 Å². The highest BCUT2D eigenvalue weighted by atomic mass is 35.5. The molecule has 1 fully saturated rings. The van der Waals surface area contributed by atoms with Crippen molar-refractivity contribution < 1.29 is 9.18 Å². The Labute approximate surface area is 111 Å². The molecular formula is C13H16ClFN2O. The molecule has 1 aromatic carbocycles. The minimum absolute atomic E-state index is 0.0274. The SMILES string of the molecule is C[C@@H]1C[C@@H](N)CCN1C(=O)c1cc(Cl)ccc1F. The van der Waals surface area contributed by atoms with Crippen molar-refractivity contribution in [3.05, 3.63) is 34.6 Å². The van der Waals surface area contributed by atoms with Gasteiger partial charge in [-0.05, 0) is 38.0 Å². The quantitative estimate of drug-likeness (QED) is 0.852. The minimum atomic E-state index is -0.536. The summed E-state index contributed by atoms with van der Waals surface area (Å²) in [5.74, 6) is -0.846. The lowest BCUT2D eigenvalue weighted by molar-refractivity contribution is 0.0614. The predicted octanol–water partition coefficient (Wildman–Crippen LogP) is 2.43. The number of carbonyl (C=O) groups excluding carboxylic acids is 1. The molecule has 1 aromatic rings. The summed E-state index contributed by atoms with van der Waals surface area (Å²) in [6, 6.07) is 4.17. The molecule has 3 nitrogen and oxygen atoms in total. The summed E-state index contributed by atoms with van der Waals surface area (Å²) in [6.45, 7) is 2.49. The molecule has 1 aliphatic rings. The zero-order chi connectivity index (χ0) is 13.3. The fourth-order valence-corrected chi connectivity index (χ4v) is 2.50. The molecule has 0 saturated carbocycles. The number of carbonyl (C=O) groups is 1. The van der Waals surface area contributed by atoms with Crippen LogP contribution in [-0.2, 0) is 0 Å². The van der Waals surface area contributed by atoms with Gasteiger partial charge < -0.3 is 10.6 Å². The third-order valence-corrected chi connectivity index (χ3v) is 3.57. The Morgan fingerprint density at radius 2 is 2.28 bits per heavy atom. The maximum Gasteiger partial charge on any atom is 0.257 e. The van der Waals surface area contributed by atoms with Crippen LogP contribution in [0.4, 0.5) is 4.39 Å². The molecule has 1 amide bonds. The summed E-state index contributed by atoms with van der Waals surface area (Å²) in [7, 11) is 0. The molecule has 0 bridgehead atoms. The van der Waals surface area contributed by atoms with Crippen LogP contribution in [-0.4, -0.2) is 29.4 Å². The highest BCUT2D eigenvalue weighted by Crippen LogP contribution is 2.22. The topological polar surface area (TPSA) is 46.3 Å². The number of nitrogens with two attached hydrogens (primary N) is 1. The van der Waals surface area contributed by atoms with E-state index < -0.39 is 5.82 Å². The molecule has 98 valence electrons. The Kier molecular flexibility index (Phi) is 3.88.